The van der Waals surface area contributed by atoms with Crippen LogP contribution in [0, 0.1) is 10.1 Å². The zero-order chi connectivity index (χ0) is 16.7. The molecule has 0 saturated carbocycles. The highest BCUT2D eigenvalue weighted by atomic mass is 32.2. The Morgan fingerprint density at radius 3 is 2.65 bits per heavy atom. The third-order valence-electron chi connectivity index (χ3n) is 3.30. The number of thioether (sulfide) groups is 1. The average molecular weight is 330 g/mol. The quantitative estimate of drug-likeness (QED) is 0.620. The number of carbonyl (C=O) groups excluding carboxylic acids is 1. The lowest BCUT2D eigenvalue weighted by Gasteiger charge is -2.14. The molecule has 6 heteroatoms. The van der Waals surface area contributed by atoms with Crippen LogP contribution in [0.4, 0.5) is 5.69 Å². The number of nitro groups is 1. The molecular weight excluding hydrogens is 312 g/mol. The monoisotopic (exact) mass is 330 g/mol. The first-order valence-electron chi connectivity index (χ1n) is 7.21. The Balaban J connectivity index is 1.79. The highest BCUT2D eigenvalue weighted by Crippen LogP contribution is 2.18. The van der Waals surface area contributed by atoms with E-state index in [1.165, 1.54) is 23.9 Å². The molecule has 0 heterocycles. The normalized spacial score (nSPS) is 11.7. The predicted octanol–water partition coefficient (Wildman–Crippen LogP) is 3.71. The molecule has 0 saturated heterocycles. The number of hydrogen-bond acceptors (Lipinski definition) is 4. The van der Waals surface area contributed by atoms with Gasteiger partial charge in [-0.3, -0.25) is 14.9 Å². The topological polar surface area (TPSA) is 72.2 Å². The summed E-state index contributed by atoms with van der Waals surface area (Å²) in [5.74, 6) is 0.839. The van der Waals surface area contributed by atoms with Gasteiger partial charge in [-0.15, -0.1) is 11.8 Å². The van der Waals surface area contributed by atoms with Crippen LogP contribution in [-0.2, 0) is 10.5 Å². The van der Waals surface area contributed by atoms with Gasteiger partial charge in [-0.25, -0.2) is 0 Å². The first-order chi connectivity index (χ1) is 11.1. The van der Waals surface area contributed by atoms with E-state index >= 15 is 0 Å². The van der Waals surface area contributed by atoms with E-state index in [4.69, 9.17) is 0 Å². The number of carbonyl (C=O) groups is 1. The Morgan fingerprint density at radius 2 is 1.96 bits per heavy atom. The van der Waals surface area contributed by atoms with Gasteiger partial charge in [-0.2, -0.15) is 0 Å². The summed E-state index contributed by atoms with van der Waals surface area (Å²) in [4.78, 5) is 22.3. The Hall–Kier alpha value is -2.34. The molecule has 1 amide bonds. The maximum atomic E-state index is 12.0. The molecule has 0 fully saturated rings. The number of non-ortho nitro benzene ring substituents is 1. The molecular formula is C17H18N2O3S. The van der Waals surface area contributed by atoms with Crippen molar-refractivity contribution in [1.29, 1.82) is 0 Å². The maximum absolute atomic E-state index is 12.0. The summed E-state index contributed by atoms with van der Waals surface area (Å²) in [5, 5.41) is 13.7. The van der Waals surface area contributed by atoms with Crippen molar-refractivity contribution in [2.24, 2.45) is 0 Å². The molecule has 23 heavy (non-hydrogen) atoms. The fraction of sp³-hybridized carbons (Fsp3) is 0.235. The van der Waals surface area contributed by atoms with Crippen LogP contribution in [0.25, 0.3) is 0 Å². The molecule has 2 aromatic rings. The largest absolute Gasteiger partial charge is 0.349 e. The van der Waals surface area contributed by atoms with Crippen LogP contribution >= 0.6 is 11.8 Å². The lowest BCUT2D eigenvalue weighted by molar-refractivity contribution is -0.384. The summed E-state index contributed by atoms with van der Waals surface area (Å²) in [7, 11) is 0. The van der Waals surface area contributed by atoms with Gasteiger partial charge >= 0.3 is 0 Å². The number of rotatable bonds is 7. The standard InChI is InChI=1S/C17H18N2O3S/c1-13(15-7-3-2-4-8-15)18-17(20)12-23-11-14-6-5-9-16(10-14)19(21)22/h2-10,13H,11-12H2,1H3,(H,18,20)/t13-/m1/s1. The molecule has 0 aliphatic rings. The lowest BCUT2D eigenvalue weighted by atomic mass is 10.1. The van der Waals surface area contributed by atoms with Crippen LogP contribution < -0.4 is 5.32 Å². The predicted molar refractivity (Wildman–Crippen MR) is 92.3 cm³/mol. The van der Waals surface area contributed by atoms with Gasteiger partial charge in [-0.05, 0) is 18.1 Å². The Morgan fingerprint density at radius 1 is 1.22 bits per heavy atom. The highest BCUT2D eigenvalue weighted by Gasteiger charge is 2.10. The van der Waals surface area contributed by atoms with Gasteiger partial charge in [0.2, 0.25) is 5.91 Å². The van der Waals surface area contributed by atoms with Crippen LogP contribution in [0.1, 0.15) is 24.1 Å². The molecule has 0 radical (unpaired) electrons. The molecule has 1 atom stereocenters. The van der Waals surface area contributed by atoms with Gasteiger partial charge < -0.3 is 5.32 Å². The van der Waals surface area contributed by atoms with E-state index in [0.29, 0.717) is 11.5 Å². The van der Waals surface area contributed by atoms with E-state index in [2.05, 4.69) is 5.32 Å². The number of amides is 1. The summed E-state index contributed by atoms with van der Waals surface area (Å²) < 4.78 is 0. The van der Waals surface area contributed by atoms with E-state index in [1.807, 2.05) is 43.3 Å². The zero-order valence-corrected chi connectivity index (χ0v) is 13.6. The van der Waals surface area contributed by atoms with Crippen molar-refractivity contribution >= 4 is 23.4 Å². The van der Waals surface area contributed by atoms with Crippen molar-refractivity contribution in [3.63, 3.8) is 0 Å². The summed E-state index contributed by atoms with van der Waals surface area (Å²) in [6, 6.07) is 16.2. The number of benzene rings is 2. The molecule has 0 aromatic heterocycles. The SMILES string of the molecule is C[C@@H](NC(=O)CSCc1cccc([N+](=O)[O-])c1)c1ccccc1. The lowest BCUT2D eigenvalue weighted by Crippen LogP contribution is -2.28. The van der Waals surface area contributed by atoms with Crippen LogP contribution in [-0.4, -0.2) is 16.6 Å². The van der Waals surface area contributed by atoms with Gasteiger partial charge in [-0.1, -0.05) is 42.5 Å². The van der Waals surface area contributed by atoms with Crippen molar-refractivity contribution in [2.75, 3.05) is 5.75 Å². The fourth-order valence-corrected chi connectivity index (χ4v) is 2.92. The molecule has 0 spiro atoms. The second kappa shape index (κ2) is 8.33. The molecule has 0 unspecified atom stereocenters. The molecule has 1 N–H and O–H groups in total. The first kappa shape index (κ1) is 17.0. The van der Waals surface area contributed by atoms with E-state index in [0.717, 1.165) is 11.1 Å². The minimum atomic E-state index is -0.414. The van der Waals surface area contributed by atoms with Crippen LogP contribution in [0.2, 0.25) is 0 Å². The van der Waals surface area contributed by atoms with Crippen LogP contribution in [0.15, 0.2) is 54.6 Å². The molecule has 2 rings (SSSR count). The summed E-state index contributed by atoms with van der Waals surface area (Å²) >= 11 is 1.44. The molecule has 0 bridgehead atoms. The van der Waals surface area contributed by atoms with Crippen molar-refractivity contribution < 1.29 is 9.72 Å². The summed E-state index contributed by atoms with van der Waals surface area (Å²) in [6.07, 6.45) is 0. The molecule has 120 valence electrons. The summed E-state index contributed by atoms with van der Waals surface area (Å²) in [5.41, 5.74) is 1.97. The maximum Gasteiger partial charge on any atom is 0.269 e. The number of nitro benzene ring substituents is 1. The van der Waals surface area contributed by atoms with E-state index < -0.39 is 4.92 Å². The Labute approximate surface area is 139 Å². The zero-order valence-electron chi connectivity index (χ0n) is 12.8. The summed E-state index contributed by atoms with van der Waals surface area (Å²) in [6.45, 7) is 1.94. The molecule has 0 aliphatic heterocycles. The van der Waals surface area contributed by atoms with Crippen LogP contribution in [0.5, 0.6) is 0 Å². The van der Waals surface area contributed by atoms with Crippen molar-refractivity contribution in [2.45, 2.75) is 18.7 Å². The van der Waals surface area contributed by atoms with Crippen molar-refractivity contribution in [1.82, 2.24) is 5.32 Å². The van der Waals surface area contributed by atoms with Gasteiger partial charge in [0, 0.05) is 17.9 Å². The Kier molecular flexibility index (Phi) is 6.17. The third kappa shape index (κ3) is 5.41. The Bertz CT molecular complexity index is 677. The minimum absolute atomic E-state index is 0.0397. The molecule has 0 aliphatic carbocycles. The minimum Gasteiger partial charge on any atom is -0.349 e. The van der Waals surface area contributed by atoms with Crippen LogP contribution in [0.3, 0.4) is 0 Å². The fourth-order valence-electron chi connectivity index (χ4n) is 2.13. The second-order valence-electron chi connectivity index (χ2n) is 5.12. The van der Waals surface area contributed by atoms with Gasteiger partial charge in [0.1, 0.15) is 0 Å². The smallest absolute Gasteiger partial charge is 0.269 e. The third-order valence-corrected chi connectivity index (χ3v) is 4.30. The van der Waals surface area contributed by atoms with Crippen molar-refractivity contribution in [3.8, 4) is 0 Å². The van der Waals surface area contributed by atoms with Crippen molar-refractivity contribution in [3.05, 3.63) is 75.8 Å². The van der Waals surface area contributed by atoms with E-state index in [1.54, 1.807) is 6.07 Å². The molecule has 2 aromatic carbocycles. The second-order valence-corrected chi connectivity index (χ2v) is 6.11. The molecule has 5 nitrogen and oxygen atoms in total. The number of hydrogen-bond donors (Lipinski definition) is 1. The van der Waals surface area contributed by atoms with E-state index in [-0.39, 0.29) is 17.6 Å². The van der Waals surface area contributed by atoms with Gasteiger partial charge in [0.25, 0.3) is 5.69 Å². The first-order valence-corrected chi connectivity index (χ1v) is 8.37. The van der Waals surface area contributed by atoms with E-state index in [9.17, 15) is 14.9 Å². The van der Waals surface area contributed by atoms with Gasteiger partial charge in [0.15, 0.2) is 0 Å². The van der Waals surface area contributed by atoms with Gasteiger partial charge in [0.05, 0.1) is 16.7 Å². The highest BCUT2D eigenvalue weighted by molar-refractivity contribution is 7.99. The number of nitrogens with one attached hydrogen (secondary N) is 1. The number of nitrogens with zero attached hydrogens (tertiary/aromatic N) is 1. The average Bonchev–Trinajstić information content (AvgIpc) is 2.56.